The van der Waals surface area contributed by atoms with Crippen LogP contribution in [0.3, 0.4) is 0 Å². The van der Waals surface area contributed by atoms with Gasteiger partial charge in [-0.1, -0.05) is 6.58 Å². The monoisotopic (exact) mass is 295 g/mol. The van der Waals surface area contributed by atoms with Crippen molar-refractivity contribution in [1.82, 2.24) is 5.01 Å². The van der Waals surface area contributed by atoms with Crippen LogP contribution in [0.1, 0.15) is 24.3 Å². The van der Waals surface area contributed by atoms with Gasteiger partial charge in [0, 0.05) is 19.0 Å². The summed E-state index contributed by atoms with van der Waals surface area (Å²) < 4.78 is 39.6. The molecule has 0 unspecified atom stereocenters. The molecule has 1 aromatic carbocycles. The SMILES string of the molecule is C=C/C(N=C)=N/N1CCC[C@@H](c2cc(F)c(F)c(F)c2)C1. The first-order valence-corrected chi connectivity index (χ1v) is 6.62. The zero-order valence-corrected chi connectivity index (χ0v) is 11.5. The summed E-state index contributed by atoms with van der Waals surface area (Å²) in [6.07, 6.45) is 3.06. The molecule has 1 heterocycles. The third-order valence-corrected chi connectivity index (χ3v) is 3.47. The summed E-state index contributed by atoms with van der Waals surface area (Å²) >= 11 is 0. The Morgan fingerprint density at radius 2 is 1.95 bits per heavy atom. The molecule has 0 aromatic heterocycles. The fraction of sp³-hybridized carbons (Fsp3) is 0.333. The van der Waals surface area contributed by atoms with Gasteiger partial charge in [0.2, 0.25) is 0 Å². The molecule has 1 aromatic rings. The Morgan fingerprint density at radius 1 is 1.29 bits per heavy atom. The summed E-state index contributed by atoms with van der Waals surface area (Å²) in [6, 6.07) is 2.10. The Bertz CT molecular complexity index is 551. The highest BCUT2D eigenvalue weighted by molar-refractivity contribution is 5.95. The molecule has 0 spiro atoms. The number of nitrogens with zero attached hydrogens (tertiary/aromatic N) is 3. The quantitative estimate of drug-likeness (QED) is 0.476. The first-order valence-electron chi connectivity index (χ1n) is 6.62. The van der Waals surface area contributed by atoms with E-state index in [4.69, 9.17) is 0 Å². The van der Waals surface area contributed by atoms with E-state index in [1.807, 2.05) is 0 Å². The lowest BCUT2D eigenvalue weighted by molar-refractivity contribution is 0.216. The van der Waals surface area contributed by atoms with Crippen molar-refractivity contribution < 1.29 is 13.2 Å². The van der Waals surface area contributed by atoms with E-state index in [0.29, 0.717) is 17.9 Å². The summed E-state index contributed by atoms with van der Waals surface area (Å²) in [7, 11) is 0. The van der Waals surface area contributed by atoms with Gasteiger partial charge in [-0.05, 0) is 43.3 Å². The maximum atomic E-state index is 13.3. The van der Waals surface area contributed by atoms with Crippen molar-refractivity contribution in [2.75, 3.05) is 13.1 Å². The van der Waals surface area contributed by atoms with Gasteiger partial charge < -0.3 is 0 Å². The van der Waals surface area contributed by atoms with E-state index >= 15 is 0 Å². The third-order valence-electron chi connectivity index (χ3n) is 3.47. The van der Waals surface area contributed by atoms with E-state index in [1.54, 1.807) is 5.01 Å². The molecule has 21 heavy (non-hydrogen) atoms. The molecule has 1 aliphatic heterocycles. The second-order valence-electron chi connectivity index (χ2n) is 4.87. The largest absolute Gasteiger partial charge is 0.294 e. The molecule has 0 radical (unpaired) electrons. The van der Waals surface area contributed by atoms with Crippen LogP contribution in [-0.4, -0.2) is 30.7 Å². The Labute approximate surface area is 121 Å². The van der Waals surface area contributed by atoms with Crippen molar-refractivity contribution >= 4 is 12.6 Å². The predicted octanol–water partition coefficient (Wildman–Crippen LogP) is 3.48. The third kappa shape index (κ3) is 3.51. The van der Waals surface area contributed by atoms with Crippen LogP contribution in [0.15, 0.2) is 34.9 Å². The minimum absolute atomic E-state index is 0.108. The summed E-state index contributed by atoms with van der Waals surface area (Å²) in [5, 5.41) is 6.01. The zero-order valence-electron chi connectivity index (χ0n) is 11.5. The molecule has 0 saturated carbocycles. The Kier molecular flexibility index (Phi) is 4.77. The molecule has 6 heteroatoms. The highest BCUT2D eigenvalue weighted by atomic mass is 19.2. The minimum Gasteiger partial charge on any atom is -0.294 e. The molecule has 0 aliphatic carbocycles. The fourth-order valence-corrected chi connectivity index (χ4v) is 2.41. The smallest absolute Gasteiger partial charge is 0.194 e. The lowest BCUT2D eigenvalue weighted by atomic mass is 9.91. The first-order chi connectivity index (χ1) is 10.0. The number of hydrazone groups is 1. The molecular weight excluding hydrogens is 279 g/mol. The molecule has 112 valence electrons. The normalized spacial score (nSPS) is 19.5. The molecule has 0 N–H and O–H groups in total. The number of piperidine rings is 1. The van der Waals surface area contributed by atoms with E-state index in [-0.39, 0.29) is 5.92 Å². The molecule has 1 atom stereocenters. The number of hydrogen-bond acceptors (Lipinski definition) is 2. The van der Waals surface area contributed by atoms with Gasteiger partial charge in [-0.15, -0.1) is 0 Å². The Balaban J connectivity index is 2.20. The Hall–Kier alpha value is -2.11. The van der Waals surface area contributed by atoms with Crippen molar-refractivity contribution in [3.05, 3.63) is 47.8 Å². The summed E-state index contributed by atoms with van der Waals surface area (Å²) in [5.41, 5.74) is 0.443. The molecular formula is C15H16F3N3. The molecule has 2 rings (SSSR count). The van der Waals surface area contributed by atoms with Crippen molar-refractivity contribution in [2.24, 2.45) is 10.1 Å². The van der Waals surface area contributed by atoms with Crippen LogP contribution in [0.25, 0.3) is 0 Å². The van der Waals surface area contributed by atoms with Gasteiger partial charge in [-0.25, -0.2) is 18.2 Å². The van der Waals surface area contributed by atoms with E-state index < -0.39 is 17.5 Å². The fourth-order valence-electron chi connectivity index (χ4n) is 2.41. The van der Waals surface area contributed by atoms with E-state index in [0.717, 1.165) is 31.5 Å². The van der Waals surface area contributed by atoms with Crippen LogP contribution in [-0.2, 0) is 0 Å². The van der Waals surface area contributed by atoms with Gasteiger partial charge >= 0.3 is 0 Å². The number of benzene rings is 1. The number of halogens is 3. The van der Waals surface area contributed by atoms with Gasteiger partial charge in [0.15, 0.2) is 23.3 Å². The van der Waals surface area contributed by atoms with Crippen molar-refractivity contribution in [3.8, 4) is 0 Å². The summed E-state index contributed by atoms with van der Waals surface area (Å²) in [5.74, 6) is -3.47. The van der Waals surface area contributed by atoms with E-state index in [9.17, 15) is 13.2 Å². The van der Waals surface area contributed by atoms with Gasteiger partial charge in [0.1, 0.15) is 0 Å². The standard InChI is InChI=1S/C15H16F3N3/c1-3-14(19-2)20-21-6-4-5-10(9-21)11-7-12(16)15(18)13(17)8-11/h3,7-8,10H,1-2,4-6,9H2/b20-14-/t10-/m1/s1. The zero-order chi connectivity index (χ0) is 15.4. The van der Waals surface area contributed by atoms with Crippen LogP contribution in [0, 0.1) is 17.5 Å². The average Bonchev–Trinajstić information content (AvgIpc) is 2.50. The second kappa shape index (κ2) is 6.56. The Morgan fingerprint density at radius 3 is 2.52 bits per heavy atom. The summed E-state index contributed by atoms with van der Waals surface area (Å²) in [4.78, 5) is 3.71. The number of rotatable bonds is 3. The van der Waals surface area contributed by atoms with Crippen LogP contribution in [0.5, 0.6) is 0 Å². The van der Waals surface area contributed by atoms with Crippen molar-refractivity contribution in [3.63, 3.8) is 0 Å². The molecule has 0 bridgehead atoms. The maximum absolute atomic E-state index is 13.3. The topological polar surface area (TPSA) is 28.0 Å². The number of aliphatic imine (C=N–C) groups is 1. The van der Waals surface area contributed by atoms with Gasteiger partial charge in [0.05, 0.1) is 0 Å². The van der Waals surface area contributed by atoms with Crippen LogP contribution in [0.4, 0.5) is 13.2 Å². The maximum Gasteiger partial charge on any atom is 0.194 e. The van der Waals surface area contributed by atoms with Crippen LogP contribution < -0.4 is 0 Å². The van der Waals surface area contributed by atoms with Crippen molar-refractivity contribution in [2.45, 2.75) is 18.8 Å². The lowest BCUT2D eigenvalue weighted by Crippen LogP contribution is -2.31. The molecule has 1 aliphatic rings. The minimum atomic E-state index is -1.44. The van der Waals surface area contributed by atoms with Crippen LogP contribution >= 0.6 is 0 Å². The first kappa shape index (κ1) is 15.3. The summed E-state index contributed by atoms with van der Waals surface area (Å²) in [6.45, 7) is 8.16. The molecule has 0 amide bonds. The number of hydrogen-bond donors (Lipinski definition) is 0. The number of amidine groups is 1. The van der Waals surface area contributed by atoms with Crippen molar-refractivity contribution in [1.29, 1.82) is 0 Å². The lowest BCUT2D eigenvalue weighted by Gasteiger charge is -2.31. The average molecular weight is 295 g/mol. The van der Waals surface area contributed by atoms with E-state index in [2.05, 4.69) is 23.4 Å². The molecule has 1 saturated heterocycles. The highest BCUT2D eigenvalue weighted by Crippen LogP contribution is 2.29. The van der Waals surface area contributed by atoms with Gasteiger partial charge in [0.25, 0.3) is 0 Å². The van der Waals surface area contributed by atoms with Gasteiger partial charge in [-0.3, -0.25) is 5.01 Å². The van der Waals surface area contributed by atoms with Gasteiger partial charge in [-0.2, -0.15) is 5.10 Å². The van der Waals surface area contributed by atoms with E-state index in [1.165, 1.54) is 6.08 Å². The predicted molar refractivity (Wildman–Crippen MR) is 77.0 cm³/mol. The molecule has 3 nitrogen and oxygen atoms in total. The highest BCUT2D eigenvalue weighted by Gasteiger charge is 2.23. The second-order valence-corrected chi connectivity index (χ2v) is 4.87. The molecule has 1 fully saturated rings. The van der Waals surface area contributed by atoms with Crippen LogP contribution in [0.2, 0.25) is 0 Å².